The molecule has 1 aliphatic rings. The first kappa shape index (κ1) is 13.7. The third kappa shape index (κ3) is 3.61. The average Bonchev–Trinajstić information content (AvgIpc) is 3.16. The SMILES string of the molecule is C[C@H](OC(=O)c1ccc(Cl)c(N)c1)C(=O)NC1CC1. The van der Waals surface area contributed by atoms with Gasteiger partial charge in [0, 0.05) is 6.04 Å². The van der Waals surface area contributed by atoms with Crippen molar-refractivity contribution in [2.45, 2.75) is 31.9 Å². The van der Waals surface area contributed by atoms with Crippen molar-refractivity contribution >= 4 is 29.2 Å². The minimum absolute atomic E-state index is 0.236. The molecule has 1 saturated carbocycles. The molecule has 0 bridgehead atoms. The van der Waals surface area contributed by atoms with Crippen LogP contribution < -0.4 is 11.1 Å². The Morgan fingerprint density at radius 1 is 1.47 bits per heavy atom. The highest BCUT2D eigenvalue weighted by Gasteiger charge is 2.27. The topological polar surface area (TPSA) is 81.4 Å². The van der Waals surface area contributed by atoms with Crippen LogP contribution in [0.2, 0.25) is 5.02 Å². The van der Waals surface area contributed by atoms with Gasteiger partial charge in [-0.15, -0.1) is 0 Å². The van der Waals surface area contributed by atoms with E-state index in [9.17, 15) is 9.59 Å². The number of benzene rings is 1. The van der Waals surface area contributed by atoms with E-state index in [4.69, 9.17) is 22.1 Å². The minimum Gasteiger partial charge on any atom is -0.449 e. The zero-order valence-electron chi connectivity index (χ0n) is 10.5. The number of carbonyl (C=O) groups is 2. The summed E-state index contributed by atoms with van der Waals surface area (Å²) in [4.78, 5) is 23.5. The van der Waals surface area contributed by atoms with Gasteiger partial charge < -0.3 is 15.8 Å². The van der Waals surface area contributed by atoms with Gasteiger partial charge in [0.1, 0.15) is 0 Å². The van der Waals surface area contributed by atoms with Crippen LogP contribution in [0, 0.1) is 0 Å². The van der Waals surface area contributed by atoms with Crippen molar-refractivity contribution in [2.75, 3.05) is 5.73 Å². The van der Waals surface area contributed by atoms with Gasteiger partial charge in [-0.2, -0.15) is 0 Å². The Balaban J connectivity index is 1.95. The first-order valence-electron chi connectivity index (χ1n) is 6.03. The van der Waals surface area contributed by atoms with Crippen LogP contribution in [0.1, 0.15) is 30.1 Å². The van der Waals surface area contributed by atoms with Gasteiger partial charge in [0.25, 0.3) is 5.91 Å². The molecule has 3 N–H and O–H groups in total. The molecule has 19 heavy (non-hydrogen) atoms. The molecule has 0 spiro atoms. The van der Waals surface area contributed by atoms with Gasteiger partial charge >= 0.3 is 5.97 Å². The second-order valence-electron chi connectivity index (χ2n) is 4.57. The maximum atomic E-state index is 11.8. The fourth-order valence-corrected chi connectivity index (χ4v) is 1.62. The maximum Gasteiger partial charge on any atom is 0.338 e. The Bertz CT molecular complexity index is 515. The van der Waals surface area contributed by atoms with Gasteiger partial charge in [0.15, 0.2) is 6.10 Å². The fourth-order valence-electron chi connectivity index (χ4n) is 1.50. The van der Waals surface area contributed by atoms with E-state index in [1.165, 1.54) is 25.1 Å². The molecule has 1 amide bonds. The number of anilines is 1. The fraction of sp³-hybridized carbons (Fsp3) is 0.385. The number of halogens is 1. The first-order chi connectivity index (χ1) is 8.97. The number of carbonyl (C=O) groups excluding carboxylic acids is 2. The lowest BCUT2D eigenvalue weighted by Gasteiger charge is -2.13. The Kier molecular flexibility index (Phi) is 3.95. The zero-order valence-corrected chi connectivity index (χ0v) is 11.2. The van der Waals surface area contributed by atoms with Crippen molar-refractivity contribution in [3.8, 4) is 0 Å². The van der Waals surface area contributed by atoms with E-state index < -0.39 is 12.1 Å². The number of hydrogen-bond acceptors (Lipinski definition) is 4. The highest BCUT2D eigenvalue weighted by molar-refractivity contribution is 6.33. The molecular weight excluding hydrogens is 268 g/mol. The largest absolute Gasteiger partial charge is 0.449 e. The Morgan fingerprint density at radius 2 is 2.16 bits per heavy atom. The number of nitrogens with one attached hydrogen (secondary N) is 1. The Morgan fingerprint density at radius 3 is 2.74 bits per heavy atom. The van der Waals surface area contributed by atoms with Gasteiger partial charge in [-0.05, 0) is 38.0 Å². The van der Waals surface area contributed by atoms with Crippen LogP contribution in [0.4, 0.5) is 5.69 Å². The molecule has 0 unspecified atom stereocenters. The molecule has 1 aliphatic carbocycles. The van der Waals surface area contributed by atoms with Crippen molar-refractivity contribution < 1.29 is 14.3 Å². The number of rotatable bonds is 4. The third-order valence-electron chi connectivity index (χ3n) is 2.81. The maximum absolute atomic E-state index is 11.8. The highest BCUT2D eigenvalue weighted by atomic mass is 35.5. The number of nitrogen functional groups attached to an aromatic ring is 1. The molecule has 0 radical (unpaired) electrons. The second kappa shape index (κ2) is 5.48. The number of nitrogens with two attached hydrogens (primary N) is 1. The van der Waals surface area contributed by atoms with Crippen molar-refractivity contribution in [3.05, 3.63) is 28.8 Å². The van der Waals surface area contributed by atoms with Crippen LogP contribution in [-0.4, -0.2) is 24.0 Å². The van der Waals surface area contributed by atoms with Crippen LogP contribution in [0.3, 0.4) is 0 Å². The molecule has 1 aromatic carbocycles. The normalized spacial score (nSPS) is 15.7. The molecule has 0 aromatic heterocycles. The van der Waals surface area contributed by atoms with Crippen LogP contribution in [0.5, 0.6) is 0 Å². The molecule has 6 heteroatoms. The summed E-state index contributed by atoms with van der Waals surface area (Å²) < 4.78 is 5.07. The molecule has 2 rings (SSSR count). The number of amides is 1. The summed E-state index contributed by atoms with van der Waals surface area (Å²) in [6.45, 7) is 1.54. The standard InChI is InChI=1S/C13H15ClN2O3/c1-7(12(17)16-9-3-4-9)19-13(18)8-2-5-10(14)11(15)6-8/h2,5-7,9H,3-4,15H2,1H3,(H,16,17)/t7-/m0/s1. The quantitative estimate of drug-likeness (QED) is 0.651. The average molecular weight is 283 g/mol. The minimum atomic E-state index is -0.829. The van der Waals surface area contributed by atoms with Gasteiger partial charge in [-0.1, -0.05) is 11.6 Å². The summed E-state index contributed by atoms with van der Waals surface area (Å²) in [5.41, 5.74) is 6.17. The molecule has 5 nitrogen and oxygen atoms in total. The van der Waals surface area contributed by atoms with Crippen LogP contribution in [-0.2, 0) is 9.53 Å². The van der Waals surface area contributed by atoms with Crippen LogP contribution in [0.25, 0.3) is 0 Å². The number of hydrogen-bond donors (Lipinski definition) is 2. The van der Waals surface area contributed by atoms with E-state index in [1.807, 2.05) is 0 Å². The van der Waals surface area contributed by atoms with Crippen molar-refractivity contribution in [2.24, 2.45) is 0 Å². The van der Waals surface area contributed by atoms with E-state index in [1.54, 1.807) is 0 Å². The number of esters is 1. The van der Waals surface area contributed by atoms with Gasteiger partial charge in [0.05, 0.1) is 16.3 Å². The van der Waals surface area contributed by atoms with Gasteiger partial charge in [-0.3, -0.25) is 4.79 Å². The predicted molar refractivity (Wildman–Crippen MR) is 71.9 cm³/mol. The van der Waals surface area contributed by atoms with E-state index in [0.717, 1.165) is 12.8 Å². The third-order valence-corrected chi connectivity index (χ3v) is 3.15. The molecular formula is C13H15ClN2O3. The van der Waals surface area contributed by atoms with E-state index in [-0.39, 0.29) is 17.5 Å². The summed E-state index contributed by atoms with van der Waals surface area (Å²) in [6, 6.07) is 4.69. The summed E-state index contributed by atoms with van der Waals surface area (Å²) >= 11 is 5.76. The van der Waals surface area contributed by atoms with Crippen molar-refractivity contribution in [1.82, 2.24) is 5.32 Å². The Labute approximate surface area is 116 Å². The van der Waals surface area contributed by atoms with Crippen molar-refractivity contribution in [3.63, 3.8) is 0 Å². The van der Waals surface area contributed by atoms with E-state index >= 15 is 0 Å². The zero-order chi connectivity index (χ0) is 14.0. The molecule has 0 heterocycles. The summed E-state index contributed by atoms with van der Waals surface area (Å²) in [6.07, 6.45) is 1.14. The molecule has 102 valence electrons. The molecule has 1 aromatic rings. The van der Waals surface area contributed by atoms with Crippen LogP contribution in [0.15, 0.2) is 18.2 Å². The van der Waals surface area contributed by atoms with Gasteiger partial charge in [0.2, 0.25) is 0 Å². The summed E-state index contributed by atoms with van der Waals surface area (Å²) in [5, 5.41) is 3.14. The first-order valence-corrected chi connectivity index (χ1v) is 6.41. The lowest BCUT2D eigenvalue weighted by molar-refractivity contribution is -0.129. The molecule has 0 aliphatic heterocycles. The lowest BCUT2D eigenvalue weighted by atomic mass is 10.2. The molecule has 1 atom stereocenters. The summed E-state index contributed by atoms with van der Waals surface area (Å²) in [5.74, 6) is -0.875. The van der Waals surface area contributed by atoms with E-state index in [0.29, 0.717) is 10.7 Å². The number of ether oxygens (including phenoxy) is 1. The predicted octanol–water partition coefficient (Wildman–Crippen LogP) is 1.75. The van der Waals surface area contributed by atoms with Gasteiger partial charge in [-0.25, -0.2) is 4.79 Å². The monoisotopic (exact) mass is 282 g/mol. The van der Waals surface area contributed by atoms with Crippen LogP contribution >= 0.6 is 11.6 Å². The molecule has 0 saturated heterocycles. The second-order valence-corrected chi connectivity index (χ2v) is 4.97. The summed E-state index contributed by atoms with van der Waals surface area (Å²) in [7, 11) is 0. The lowest BCUT2D eigenvalue weighted by Crippen LogP contribution is -2.37. The van der Waals surface area contributed by atoms with Crippen molar-refractivity contribution in [1.29, 1.82) is 0 Å². The highest BCUT2D eigenvalue weighted by Crippen LogP contribution is 2.21. The Hall–Kier alpha value is -1.75. The smallest absolute Gasteiger partial charge is 0.338 e. The van der Waals surface area contributed by atoms with E-state index in [2.05, 4.69) is 5.32 Å². The molecule has 1 fully saturated rings.